The molecular formula is C16H21BClNO4. The van der Waals surface area contributed by atoms with Gasteiger partial charge < -0.3 is 14.4 Å². The van der Waals surface area contributed by atoms with Crippen LogP contribution in [0, 0.1) is 5.92 Å². The molecule has 2 rings (SSSR count). The summed E-state index contributed by atoms with van der Waals surface area (Å²) in [4.78, 5) is 11.9. The molecule has 1 aromatic rings. The molecule has 0 fully saturated rings. The summed E-state index contributed by atoms with van der Waals surface area (Å²) in [5, 5.41) is 12.8. The van der Waals surface area contributed by atoms with Crippen LogP contribution in [-0.4, -0.2) is 23.8 Å². The van der Waals surface area contributed by atoms with Crippen LogP contribution in [0.4, 0.5) is 10.5 Å². The van der Waals surface area contributed by atoms with Crippen molar-refractivity contribution in [3.05, 3.63) is 28.7 Å². The van der Waals surface area contributed by atoms with Gasteiger partial charge in [0.05, 0.1) is 5.02 Å². The first-order valence-electron chi connectivity index (χ1n) is 7.47. The number of hydrogen-bond donors (Lipinski definition) is 2. The second kappa shape index (κ2) is 6.45. The van der Waals surface area contributed by atoms with Gasteiger partial charge in [-0.2, -0.15) is 0 Å². The van der Waals surface area contributed by atoms with Crippen molar-refractivity contribution in [3.8, 4) is 5.75 Å². The van der Waals surface area contributed by atoms with Gasteiger partial charge in [-0.1, -0.05) is 25.4 Å². The van der Waals surface area contributed by atoms with Gasteiger partial charge in [0.25, 0.3) is 0 Å². The molecule has 7 heteroatoms. The topological polar surface area (TPSA) is 67.8 Å². The fourth-order valence-corrected chi connectivity index (χ4v) is 2.59. The normalized spacial score (nSPS) is 14.1. The van der Waals surface area contributed by atoms with Crippen LogP contribution in [0.3, 0.4) is 0 Å². The number of amides is 1. The fraction of sp³-hybridized carbons (Fsp3) is 0.438. The average molecular weight is 338 g/mol. The number of carbonyl (C=O) groups excluding carboxylic acids is 1. The van der Waals surface area contributed by atoms with E-state index in [0.29, 0.717) is 16.5 Å². The maximum atomic E-state index is 11.9. The third kappa shape index (κ3) is 4.42. The summed E-state index contributed by atoms with van der Waals surface area (Å²) in [5.74, 6) is 2.22. The van der Waals surface area contributed by atoms with Crippen molar-refractivity contribution >= 4 is 36.1 Å². The Bertz CT molecular complexity index is 652. The predicted molar refractivity (Wildman–Crippen MR) is 92.7 cm³/mol. The van der Waals surface area contributed by atoms with Gasteiger partial charge in [0.15, 0.2) is 0 Å². The second-order valence-electron chi connectivity index (χ2n) is 6.75. The van der Waals surface area contributed by atoms with Gasteiger partial charge in [0.2, 0.25) is 0 Å². The molecule has 0 saturated carbocycles. The number of halogens is 1. The Balaban J connectivity index is 2.34. The minimum Gasteiger partial charge on any atom is -0.531 e. The van der Waals surface area contributed by atoms with E-state index < -0.39 is 18.8 Å². The molecule has 1 heterocycles. The van der Waals surface area contributed by atoms with Gasteiger partial charge in [-0.3, -0.25) is 5.32 Å². The van der Waals surface area contributed by atoms with Crippen LogP contribution >= 0.6 is 11.6 Å². The number of hydrogen-bond acceptors (Lipinski definition) is 4. The smallest absolute Gasteiger partial charge is 0.531 e. The summed E-state index contributed by atoms with van der Waals surface area (Å²) in [6.07, 6.45) is -0.555. The number of ether oxygens (including phenoxy) is 1. The summed E-state index contributed by atoms with van der Waals surface area (Å²) in [7, 11) is -1.03. The quantitative estimate of drug-likeness (QED) is 0.796. The molecule has 0 saturated heterocycles. The standard InChI is InChI=1S/C16H21BClNO4/c1-9(2)12-8-17(21)23-14-11(12)6-10(7-13(14)18)19-15(20)22-16(3,4)5/h6-9,21H,1-5H3,(H,19,20). The molecule has 0 aliphatic carbocycles. The summed E-state index contributed by atoms with van der Waals surface area (Å²) < 4.78 is 10.6. The van der Waals surface area contributed by atoms with E-state index in [-0.39, 0.29) is 5.92 Å². The van der Waals surface area contributed by atoms with Crippen LogP contribution in [0.2, 0.25) is 5.02 Å². The highest BCUT2D eigenvalue weighted by Crippen LogP contribution is 2.41. The third-order valence-corrected chi connectivity index (χ3v) is 3.46. The number of fused-ring (bicyclic) bond motifs is 1. The lowest BCUT2D eigenvalue weighted by molar-refractivity contribution is 0.0636. The highest BCUT2D eigenvalue weighted by molar-refractivity contribution is 6.53. The molecule has 0 bridgehead atoms. The summed E-state index contributed by atoms with van der Waals surface area (Å²) in [6.45, 7) is 9.40. The first kappa shape index (κ1) is 17.7. The van der Waals surface area contributed by atoms with Crippen molar-refractivity contribution in [2.75, 3.05) is 5.32 Å². The van der Waals surface area contributed by atoms with Crippen LogP contribution in [0.15, 0.2) is 18.1 Å². The lowest BCUT2D eigenvalue weighted by Gasteiger charge is -2.25. The lowest BCUT2D eigenvalue weighted by atomic mass is 9.78. The first-order valence-corrected chi connectivity index (χ1v) is 7.85. The van der Waals surface area contributed by atoms with E-state index in [1.807, 2.05) is 13.8 Å². The summed E-state index contributed by atoms with van der Waals surface area (Å²) in [6, 6.07) is 3.34. The maximum absolute atomic E-state index is 11.9. The van der Waals surface area contributed by atoms with Crippen molar-refractivity contribution in [2.45, 2.75) is 40.2 Å². The number of benzene rings is 1. The van der Waals surface area contributed by atoms with Crippen LogP contribution in [-0.2, 0) is 4.74 Å². The van der Waals surface area contributed by atoms with E-state index in [4.69, 9.17) is 21.0 Å². The maximum Gasteiger partial charge on any atom is 0.552 e. The Labute approximate surface area is 141 Å². The average Bonchev–Trinajstić information content (AvgIpc) is 2.36. The summed E-state index contributed by atoms with van der Waals surface area (Å²) in [5.41, 5.74) is 1.59. The number of anilines is 1. The molecule has 0 spiro atoms. The van der Waals surface area contributed by atoms with Gasteiger partial charge in [-0.25, -0.2) is 4.79 Å². The molecule has 1 aliphatic heterocycles. The van der Waals surface area contributed by atoms with E-state index >= 15 is 0 Å². The Hall–Kier alpha value is -1.66. The Kier molecular flexibility index (Phi) is 4.97. The van der Waals surface area contributed by atoms with Crippen LogP contribution in [0.25, 0.3) is 5.57 Å². The minimum absolute atomic E-state index is 0.167. The highest BCUT2D eigenvalue weighted by atomic mass is 35.5. The van der Waals surface area contributed by atoms with Gasteiger partial charge in [-0.15, -0.1) is 0 Å². The number of rotatable bonds is 2. The SMILES string of the molecule is CC(C)C1=CB(O)Oc2c(Cl)cc(NC(=O)OC(C)(C)C)cc21. The van der Waals surface area contributed by atoms with E-state index in [9.17, 15) is 9.82 Å². The van der Waals surface area contributed by atoms with E-state index in [0.717, 1.165) is 11.1 Å². The van der Waals surface area contributed by atoms with Gasteiger partial charge in [0, 0.05) is 11.3 Å². The molecule has 1 aliphatic rings. The molecular weight excluding hydrogens is 316 g/mol. The fourth-order valence-electron chi connectivity index (χ4n) is 2.32. The highest BCUT2D eigenvalue weighted by Gasteiger charge is 2.28. The van der Waals surface area contributed by atoms with Crippen LogP contribution in [0.5, 0.6) is 5.75 Å². The number of allylic oxidation sites excluding steroid dienone is 1. The Morgan fingerprint density at radius 3 is 2.61 bits per heavy atom. The van der Waals surface area contributed by atoms with Crippen LogP contribution in [0.1, 0.15) is 40.2 Å². The number of carbonyl (C=O) groups is 1. The van der Waals surface area contributed by atoms with Crippen LogP contribution < -0.4 is 9.97 Å². The first-order chi connectivity index (χ1) is 10.6. The minimum atomic E-state index is -1.03. The van der Waals surface area contributed by atoms with Crippen molar-refractivity contribution < 1.29 is 19.2 Å². The molecule has 2 N–H and O–H groups in total. The largest absolute Gasteiger partial charge is 0.552 e. The predicted octanol–water partition coefficient (Wildman–Crippen LogP) is 4.14. The molecule has 1 amide bonds. The zero-order valence-electron chi connectivity index (χ0n) is 13.9. The monoisotopic (exact) mass is 337 g/mol. The van der Waals surface area contributed by atoms with Crippen molar-refractivity contribution in [1.82, 2.24) is 0 Å². The van der Waals surface area contributed by atoms with E-state index in [2.05, 4.69) is 5.32 Å². The van der Waals surface area contributed by atoms with Crippen molar-refractivity contribution in [2.24, 2.45) is 5.92 Å². The Morgan fingerprint density at radius 2 is 2.04 bits per heavy atom. The third-order valence-electron chi connectivity index (χ3n) is 3.18. The molecule has 1 aromatic carbocycles. The van der Waals surface area contributed by atoms with Crippen molar-refractivity contribution in [1.29, 1.82) is 0 Å². The Morgan fingerprint density at radius 1 is 1.39 bits per heavy atom. The molecule has 23 heavy (non-hydrogen) atoms. The molecule has 0 unspecified atom stereocenters. The lowest BCUT2D eigenvalue weighted by Crippen LogP contribution is -2.27. The summed E-state index contributed by atoms with van der Waals surface area (Å²) >= 11 is 6.24. The molecule has 0 aromatic heterocycles. The number of nitrogens with one attached hydrogen (secondary N) is 1. The zero-order valence-corrected chi connectivity index (χ0v) is 14.7. The zero-order chi connectivity index (χ0) is 17.4. The van der Waals surface area contributed by atoms with Gasteiger partial charge in [-0.05, 0) is 50.4 Å². The molecule has 0 radical (unpaired) electrons. The van der Waals surface area contributed by atoms with Crippen molar-refractivity contribution in [3.63, 3.8) is 0 Å². The molecule has 124 valence electrons. The van der Waals surface area contributed by atoms with Gasteiger partial charge in [0.1, 0.15) is 11.4 Å². The second-order valence-corrected chi connectivity index (χ2v) is 7.15. The molecule has 5 nitrogen and oxygen atoms in total. The molecule has 0 atom stereocenters. The van der Waals surface area contributed by atoms with E-state index in [1.54, 1.807) is 38.9 Å². The van der Waals surface area contributed by atoms with E-state index in [1.165, 1.54) is 0 Å². The van der Waals surface area contributed by atoms with Gasteiger partial charge >= 0.3 is 13.2 Å².